The van der Waals surface area contributed by atoms with E-state index in [1.165, 1.54) is 69.8 Å². The summed E-state index contributed by atoms with van der Waals surface area (Å²) in [6.07, 6.45) is 10.5. The van der Waals surface area contributed by atoms with Gasteiger partial charge in [-0.25, -0.2) is 0 Å². The van der Waals surface area contributed by atoms with Crippen molar-refractivity contribution in [3.8, 4) is 16.9 Å². The summed E-state index contributed by atoms with van der Waals surface area (Å²) in [4.78, 5) is 0. The number of hydrogen-bond acceptors (Lipinski definition) is 1. The number of rotatable bonds is 9. The van der Waals surface area contributed by atoms with Crippen LogP contribution >= 0.6 is 0 Å². The second-order valence-electron chi connectivity index (χ2n) is 10.1. The van der Waals surface area contributed by atoms with Crippen molar-refractivity contribution in [1.29, 1.82) is 0 Å². The lowest BCUT2D eigenvalue weighted by atomic mass is 9.51. The molecule has 3 fully saturated rings. The summed E-state index contributed by atoms with van der Waals surface area (Å²) in [6.45, 7) is 2.19. The van der Waals surface area contributed by atoms with E-state index in [4.69, 9.17) is 4.74 Å². The van der Waals surface area contributed by atoms with Gasteiger partial charge in [0.05, 0.1) is 0 Å². The van der Waals surface area contributed by atoms with Crippen LogP contribution < -0.4 is 4.74 Å². The zero-order valence-electron chi connectivity index (χ0n) is 19.6. The number of benzene rings is 2. The van der Waals surface area contributed by atoms with Gasteiger partial charge in [0.15, 0.2) is 0 Å². The molecule has 2 bridgehead atoms. The molecule has 1 nitrogen and oxygen atoms in total. The fourth-order valence-corrected chi connectivity index (χ4v) is 5.91. The predicted molar refractivity (Wildman–Crippen MR) is 129 cm³/mol. The van der Waals surface area contributed by atoms with Gasteiger partial charge in [0.2, 0.25) is 0 Å². The SMILES string of the molecule is CCCCCC12CCC(c3ccc(-c4ccc(OC/C=C/C(F)(F)F)cc4)cc3)(CC1)CC2. The minimum Gasteiger partial charge on any atom is -0.490 e. The Morgan fingerprint density at radius 2 is 1.39 bits per heavy atom. The monoisotopic (exact) mass is 456 g/mol. The Hall–Kier alpha value is -2.23. The van der Waals surface area contributed by atoms with E-state index in [1.807, 2.05) is 24.3 Å². The zero-order valence-corrected chi connectivity index (χ0v) is 19.6. The molecular weight excluding hydrogens is 421 g/mol. The zero-order chi connectivity index (χ0) is 23.4. The first-order valence-corrected chi connectivity index (χ1v) is 12.4. The average Bonchev–Trinajstić information content (AvgIpc) is 2.83. The number of alkyl halides is 3. The fourth-order valence-electron chi connectivity index (χ4n) is 5.91. The van der Waals surface area contributed by atoms with Crippen LogP contribution in [-0.2, 0) is 5.41 Å². The molecule has 178 valence electrons. The highest BCUT2D eigenvalue weighted by Gasteiger charge is 2.48. The third kappa shape index (κ3) is 5.83. The first-order chi connectivity index (χ1) is 15.8. The minimum absolute atomic E-state index is 0.102. The van der Waals surface area contributed by atoms with Crippen LogP contribution in [0.1, 0.15) is 76.7 Å². The van der Waals surface area contributed by atoms with Gasteiger partial charge < -0.3 is 4.74 Å². The Balaban J connectivity index is 1.35. The van der Waals surface area contributed by atoms with Gasteiger partial charge in [0, 0.05) is 6.08 Å². The second-order valence-corrected chi connectivity index (χ2v) is 10.1. The Morgan fingerprint density at radius 1 is 0.818 bits per heavy atom. The molecule has 0 amide bonds. The number of allylic oxidation sites excluding steroid dienone is 1. The first kappa shape index (κ1) is 23.9. The van der Waals surface area contributed by atoms with Crippen molar-refractivity contribution in [3.05, 3.63) is 66.2 Å². The Morgan fingerprint density at radius 3 is 1.94 bits per heavy atom. The van der Waals surface area contributed by atoms with Gasteiger partial charge in [0.1, 0.15) is 12.4 Å². The normalized spacial score (nSPS) is 25.0. The Labute approximate surface area is 196 Å². The van der Waals surface area contributed by atoms with Crippen LogP contribution in [0.4, 0.5) is 13.2 Å². The van der Waals surface area contributed by atoms with Crippen molar-refractivity contribution in [1.82, 2.24) is 0 Å². The van der Waals surface area contributed by atoms with Crippen LogP contribution in [0.15, 0.2) is 60.7 Å². The summed E-state index contributed by atoms with van der Waals surface area (Å²) < 4.78 is 41.8. The number of fused-ring (bicyclic) bond motifs is 3. The van der Waals surface area contributed by atoms with Crippen molar-refractivity contribution >= 4 is 0 Å². The fraction of sp³-hybridized carbons (Fsp3) is 0.517. The highest BCUT2D eigenvalue weighted by molar-refractivity contribution is 5.64. The van der Waals surface area contributed by atoms with Crippen molar-refractivity contribution in [2.45, 2.75) is 82.7 Å². The molecule has 3 aliphatic rings. The predicted octanol–water partition coefficient (Wildman–Crippen LogP) is 9.02. The maximum Gasteiger partial charge on any atom is 0.409 e. The van der Waals surface area contributed by atoms with E-state index in [9.17, 15) is 13.2 Å². The lowest BCUT2D eigenvalue weighted by Crippen LogP contribution is -2.44. The van der Waals surface area contributed by atoms with Crippen LogP contribution in [0, 0.1) is 5.41 Å². The van der Waals surface area contributed by atoms with E-state index in [0.717, 1.165) is 17.2 Å². The number of hydrogen-bond donors (Lipinski definition) is 0. The minimum atomic E-state index is -4.30. The second kappa shape index (κ2) is 9.95. The molecule has 3 saturated carbocycles. The molecular formula is C29H35F3O. The van der Waals surface area contributed by atoms with Crippen molar-refractivity contribution < 1.29 is 17.9 Å². The third-order valence-electron chi connectivity index (χ3n) is 8.05. The first-order valence-electron chi connectivity index (χ1n) is 12.4. The highest BCUT2D eigenvalue weighted by Crippen LogP contribution is 2.59. The van der Waals surface area contributed by atoms with Gasteiger partial charge in [-0.1, -0.05) is 62.6 Å². The summed E-state index contributed by atoms with van der Waals surface area (Å²) in [7, 11) is 0. The number of ether oxygens (including phenoxy) is 1. The van der Waals surface area contributed by atoms with Gasteiger partial charge in [-0.15, -0.1) is 0 Å². The standard InChI is InChI=1S/C29H35F3O/c1-2-3-4-14-27-16-19-28(20-17-27,21-18-27)25-10-6-23(7-11-25)24-8-12-26(13-9-24)33-22-5-15-29(30,31)32/h5-13,15H,2-4,14,16-22H2,1H3/b15-5+. The molecule has 4 heteroatoms. The summed E-state index contributed by atoms with van der Waals surface area (Å²) in [5, 5.41) is 0. The molecule has 2 aromatic carbocycles. The average molecular weight is 457 g/mol. The van der Waals surface area contributed by atoms with E-state index in [0.29, 0.717) is 16.6 Å². The quantitative estimate of drug-likeness (QED) is 0.270. The summed E-state index contributed by atoms with van der Waals surface area (Å²) in [6, 6.07) is 16.6. The van der Waals surface area contributed by atoms with E-state index >= 15 is 0 Å². The molecule has 0 N–H and O–H groups in total. The summed E-state index contributed by atoms with van der Waals surface area (Å²) in [5.74, 6) is 0.563. The van der Waals surface area contributed by atoms with E-state index in [2.05, 4.69) is 31.2 Å². The number of unbranched alkanes of at least 4 members (excludes halogenated alkanes) is 2. The number of halogens is 3. The van der Waals surface area contributed by atoms with Crippen molar-refractivity contribution in [2.75, 3.05) is 6.61 Å². The maximum atomic E-state index is 12.1. The lowest BCUT2D eigenvalue weighted by molar-refractivity contribution is -0.0801. The van der Waals surface area contributed by atoms with Crippen LogP contribution in [0.2, 0.25) is 0 Å². The van der Waals surface area contributed by atoms with Crippen LogP contribution in [-0.4, -0.2) is 12.8 Å². The molecule has 3 aliphatic carbocycles. The topological polar surface area (TPSA) is 9.23 Å². The molecule has 0 saturated heterocycles. The van der Waals surface area contributed by atoms with Crippen LogP contribution in [0.25, 0.3) is 11.1 Å². The molecule has 0 radical (unpaired) electrons. The summed E-state index contributed by atoms with van der Waals surface area (Å²) in [5.41, 5.74) is 4.72. The van der Waals surface area contributed by atoms with Gasteiger partial charge >= 0.3 is 6.18 Å². The lowest BCUT2D eigenvalue weighted by Gasteiger charge is -2.54. The van der Waals surface area contributed by atoms with Gasteiger partial charge in [-0.05, 0) is 90.7 Å². The smallest absolute Gasteiger partial charge is 0.409 e. The molecule has 0 heterocycles. The molecule has 5 rings (SSSR count). The molecule has 33 heavy (non-hydrogen) atoms. The highest BCUT2D eigenvalue weighted by atomic mass is 19.4. The van der Waals surface area contributed by atoms with Crippen LogP contribution in [0.5, 0.6) is 5.75 Å². The molecule has 0 aliphatic heterocycles. The van der Waals surface area contributed by atoms with Gasteiger partial charge in [0.25, 0.3) is 0 Å². The molecule has 2 aromatic rings. The van der Waals surface area contributed by atoms with Crippen LogP contribution in [0.3, 0.4) is 0 Å². The van der Waals surface area contributed by atoms with Crippen molar-refractivity contribution in [3.63, 3.8) is 0 Å². The van der Waals surface area contributed by atoms with Crippen molar-refractivity contribution in [2.24, 2.45) is 5.41 Å². The van der Waals surface area contributed by atoms with E-state index < -0.39 is 6.18 Å². The molecule has 0 atom stereocenters. The largest absolute Gasteiger partial charge is 0.490 e. The van der Waals surface area contributed by atoms with Gasteiger partial charge in [-0.2, -0.15) is 13.2 Å². The maximum absolute atomic E-state index is 12.1. The van der Waals surface area contributed by atoms with E-state index in [-0.39, 0.29) is 12.7 Å². The van der Waals surface area contributed by atoms with Gasteiger partial charge in [-0.3, -0.25) is 0 Å². The summed E-state index contributed by atoms with van der Waals surface area (Å²) >= 11 is 0. The van der Waals surface area contributed by atoms with E-state index in [1.54, 1.807) is 0 Å². The Bertz CT molecular complexity index is 900. The molecule has 0 unspecified atom stereocenters. The molecule has 0 aromatic heterocycles. The Kier molecular flexibility index (Phi) is 7.21. The molecule has 0 spiro atoms. The third-order valence-corrected chi connectivity index (χ3v) is 8.05.